The standard InChI is InChI=1S/C21H18FNO3/c1-14-3-4-15(2)23(14)19-11-7-17(8-12-19)21(25)26-13-20(24)16-5-9-18(22)10-6-16/h3-12H,13H2,1-2H3. The maximum atomic E-state index is 12.9. The number of hydrogen-bond donors (Lipinski definition) is 0. The number of rotatable bonds is 5. The number of nitrogens with zero attached hydrogens (tertiary/aromatic N) is 1. The molecule has 3 rings (SSSR count). The van der Waals surface area contributed by atoms with Crippen LogP contribution >= 0.6 is 0 Å². The molecule has 2 aromatic carbocycles. The molecule has 0 aliphatic rings. The highest BCUT2D eigenvalue weighted by atomic mass is 19.1. The smallest absolute Gasteiger partial charge is 0.338 e. The molecule has 0 atom stereocenters. The number of ether oxygens (including phenoxy) is 1. The molecule has 0 unspecified atom stereocenters. The number of carbonyl (C=O) groups is 2. The first-order valence-corrected chi connectivity index (χ1v) is 8.17. The number of esters is 1. The molecule has 0 aliphatic carbocycles. The average molecular weight is 351 g/mol. The van der Waals surface area contributed by atoms with Crippen molar-refractivity contribution in [3.8, 4) is 5.69 Å². The van der Waals surface area contributed by atoms with Crippen molar-refractivity contribution in [2.24, 2.45) is 0 Å². The van der Waals surface area contributed by atoms with Gasteiger partial charge < -0.3 is 9.30 Å². The number of aryl methyl sites for hydroxylation is 2. The van der Waals surface area contributed by atoms with E-state index in [-0.39, 0.29) is 12.4 Å². The predicted octanol–water partition coefficient (Wildman–Crippen LogP) is 4.27. The zero-order chi connectivity index (χ0) is 18.7. The zero-order valence-corrected chi connectivity index (χ0v) is 14.5. The molecule has 3 aromatic rings. The molecule has 0 spiro atoms. The summed E-state index contributed by atoms with van der Waals surface area (Å²) < 4.78 is 20.0. The van der Waals surface area contributed by atoms with Gasteiger partial charge in [0, 0.05) is 22.6 Å². The lowest BCUT2D eigenvalue weighted by atomic mass is 10.1. The van der Waals surface area contributed by atoms with Crippen LogP contribution in [0, 0.1) is 19.7 Å². The molecule has 26 heavy (non-hydrogen) atoms. The van der Waals surface area contributed by atoms with Gasteiger partial charge in [0.2, 0.25) is 0 Å². The first-order chi connectivity index (χ1) is 12.5. The van der Waals surface area contributed by atoms with Crippen LogP contribution in [0.3, 0.4) is 0 Å². The summed E-state index contributed by atoms with van der Waals surface area (Å²) in [5.74, 6) is -1.38. The first-order valence-electron chi connectivity index (χ1n) is 8.17. The molecule has 1 heterocycles. The Kier molecular flexibility index (Phi) is 4.98. The molecule has 0 saturated heterocycles. The lowest BCUT2D eigenvalue weighted by molar-refractivity contribution is 0.0474. The van der Waals surface area contributed by atoms with Crippen LogP contribution in [0.4, 0.5) is 4.39 Å². The van der Waals surface area contributed by atoms with Crippen LogP contribution in [-0.4, -0.2) is 22.9 Å². The molecule has 0 fully saturated rings. The van der Waals surface area contributed by atoms with Crippen molar-refractivity contribution >= 4 is 11.8 Å². The van der Waals surface area contributed by atoms with E-state index in [2.05, 4.69) is 4.57 Å². The van der Waals surface area contributed by atoms with Gasteiger partial charge in [-0.3, -0.25) is 4.79 Å². The van der Waals surface area contributed by atoms with E-state index in [1.807, 2.05) is 38.1 Å². The second-order valence-corrected chi connectivity index (χ2v) is 6.00. The summed E-state index contributed by atoms with van der Waals surface area (Å²) in [7, 11) is 0. The van der Waals surface area contributed by atoms with Gasteiger partial charge in [0.15, 0.2) is 12.4 Å². The van der Waals surface area contributed by atoms with Crippen LogP contribution < -0.4 is 0 Å². The zero-order valence-electron chi connectivity index (χ0n) is 14.5. The molecule has 0 saturated carbocycles. The van der Waals surface area contributed by atoms with Crippen molar-refractivity contribution in [2.45, 2.75) is 13.8 Å². The van der Waals surface area contributed by atoms with Gasteiger partial charge in [-0.25, -0.2) is 9.18 Å². The van der Waals surface area contributed by atoms with E-state index in [4.69, 9.17) is 4.74 Å². The predicted molar refractivity (Wildman–Crippen MR) is 96.3 cm³/mol. The number of carbonyl (C=O) groups excluding carboxylic acids is 2. The molecule has 0 aliphatic heterocycles. The van der Waals surface area contributed by atoms with Crippen LogP contribution in [0.1, 0.15) is 32.1 Å². The van der Waals surface area contributed by atoms with Crippen molar-refractivity contribution < 1.29 is 18.7 Å². The summed E-state index contributed by atoms with van der Waals surface area (Å²) in [6, 6.07) is 16.2. The van der Waals surface area contributed by atoms with E-state index in [1.165, 1.54) is 24.3 Å². The molecule has 132 valence electrons. The Morgan fingerprint density at radius 3 is 1.96 bits per heavy atom. The van der Waals surface area contributed by atoms with Crippen LogP contribution in [-0.2, 0) is 4.74 Å². The molecule has 0 bridgehead atoms. The summed E-state index contributed by atoms with van der Waals surface area (Å²) in [5, 5.41) is 0. The molecular weight excluding hydrogens is 333 g/mol. The average Bonchev–Trinajstić information content (AvgIpc) is 2.98. The largest absolute Gasteiger partial charge is 0.454 e. The fraction of sp³-hybridized carbons (Fsp3) is 0.143. The van der Waals surface area contributed by atoms with Gasteiger partial charge in [0.1, 0.15) is 5.82 Å². The normalized spacial score (nSPS) is 10.6. The monoisotopic (exact) mass is 351 g/mol. The lowest BCUT2D eigenvalue weighted by Gasteiger charge is -2.10. The van der Waals surface area contributed by atoms with Crippen LogP contribution in [0.2, 0.25) is 0 Å². The maximum Gasteiger partial charge on any atom is 0.338 e. The van der Waals surface area contributed by atoms with Gasteiger partial charge in [-0.15, -0.1) is 0 Å². The lowest BCUT2D eigenvalue weighted by Crippen LogP contribution is -2.14. The summed E-state index contributed by atoms with van der Waals surface area (Å²) in [5.41, 5.74) is 3.81. The molecular formula is C21H18FNO3. The van der Waals surface area contributed by atoms with E-state index in [0.29, 0.717) is 11.1 Å². The van der Waals surface area contributed by atoms with Gasteiger partial charge in [0.25, 0.3) is 0 Å². The third-order valence-electron chi connectivity index (χ3n) is 4.13. The van der Waals surface area contributed by atoms with E-state index < -0.39 is 11.8 Å². The SMILES string of the molecule is Cc1ccc(C)n1-c1ccc(C(=O)OCC(=O)c2ccc(F)cc2)cc1. The number of halogens is 1. The molecule has 0 amide bonds. The Labute approximate surface area is 150 Å². The van der Waals surface area contributed by atoms with Crippen molar-refractivity contribution in [3.05, 3.63) is 89.0 Å². The number of ketones is 1. The van der Waals surface area contributed by atoms with Gasteiger partial charge >= 0.3 is 5.97 Å². The van der Waals surface area contributed by atoms with Crippen LogP contribution in [0.25, 0.3) is 5.69 Å². The summed E-state index contributed by atoms with van der Waals surface area (Å²) in [6.07, 6.45) is 0. The fourth-order valence-corrected chi connectivity index (χ4v) is 2.76. The Hall–Kier alpha value is -3.21. The minimum absolute atomic E-state index is 0.299. The molecule has 0 radical (unpaired) electrons. The van der Waals surface area contributed by atoms with E-state index >= 15 is 0 Å². The maximum absolute atomic E-state index is 12.9. The van der Waals surface area contributed by atoms with E-state index in [9.17, 15) is 14.0 Å². The quantitative estimate of drug-likeness (QED) is 0.509. The second kappa shape index (κ2) is 7.35. The van der Waals surface area contributed by atoms with Crippen molar-refractivity contribution in [2.75, 3.05) is 6.61 Å². The van der Waals surface area contributed by atoms with Crippen molar-refractivity contribution in [3.63, 3.8) is 0 Å². The van der Waals surface area contributed by atoms with Gasteiger partial charge in [0.05, 0.1) is 5.56 Å². The highest BCUT2D eigenvalue weighted by Crippen LogP contribution is 2.17. The minimum atomic E-state index is -0.576. The van der Waals surface area contributed by atoms with Gasteiger partial charge in [-0.05, 0) is 74.5 Å². The number of benzene rings is 2. The molecule has 1 aromatic heterocycles. The number of aromatic nitrogens is 1. The highest BCUT2D eigenvalue weighted by Gasteiger charge is 2.12. The summed E-state index contributed by atoms with van der Waals surface area (Å²) in [4.78, 5) is 24.1. The van der Waals surface area contributed by atoms with E-state index in [0.717, 1.165) is 17.1 Å². The number of hydrogen-bond acceptors (Lipinski definition) is 3. The Morgan fingerprint density at radius 2 is 1.38 bits per heavy atom. The summed E-state index contributed by atoms with van der Waals surface area (Å²) in [6.45, 7) is 3.63. The summed E-state index contributed by atoms with van der Waals surface area (Å²) >= 11 is 0. The van der Waals surface area contributed by atoms with Crippen LogP contribution in [0.5, 0.6) is 0 Å². The molecule has 5 heteroatoms. The number of Topliss-reactive ketones (excluding diaryl/α,β-unsaturated/α-hetero) is 1. The van der Waals surface area contributed by atoms with Crippen molar-refractivity contribution in [1.82, 2.24) is 4.57 Å². The van der Waals surface area contributed by atoms with Crippen LogP contribution in [0.15, 0.2) is 60.7 Å². The second-order valence-electron chi connectivity index (χ2n) is 6.00. The minimum Gasteiger partial charge on any atom is -0.454 e. The Morgan fingerprint density at radius 1 is 0.846 bits per heavy atom. The third-order valence-corrected chi connectivity index (χ3v) is 4.13. The molecule has 0 N–H and O–H groups in total. The first kappa shape index (κ1) is 17.6. The Balaban J connectivity index is 1.65. The Bertz CT molecular complexity index is 921. The van der Waals surface area contributed by atoms with Gasteiger partial charge in [-0.1, -0.05) is 0 Å². The topological polar surface area (TPSA) is 48.3 Å². The fourth-order valence-electron chi connectivity index (χ4n) is 2.76. The molecule has 4 nitrogen and oxygen atoms in total. The van der Waals surface area contributed by atoms with Crippen molar-refractivity contribution in [1.29, 1.82) is 0 Å². The highest BCUT2D eigenvalue weighted by molar-refractivity contribution is 5.99. The van der Waals surface area contributed by atoms with E-state index in [1.54, 1.807) is 12.1 Å². The van der Waals surface area contributed by atoms with Gasteiger partial charge in [-0.2, -0.15) is 0 Å². The third kappa shape index (κ3) is 3.72.